The lowest BCUT2D eigenvalue weighted by Crippen LogP contribution is -2.08. The van der Waals surface area contributed by atoms with Gasteiger partial charge in [0, 0.05) is 6.54 Å². The minimum atomic E-state index is -0.185. The first-order valence-corrected chi connectivity index (χ1v) is 7.38. The Hall–Kier alpha value is -1.72. The molecular formula is C14H11ClFN3S. The van der Waals surface area contributed by atoms with Gasteiger partial charge >= 0.3 is 0 Å². The summed E-state index contributed by atoms with van der Waals surface area (Å²) in [6.45, 7) is 0.583. The molecule has 3 aromatic rings. The molecule has 0 bridgehead atoms. The molecule has 1 N–H and O–H groups in total. The smallest absolute Gasteiger partial charge is 0.225 e. The lowest BCUT2D eigenvalue weighted by Gasteiger charge is -2.07. The lowest BCUT2D eigenvalue weighted by molar-refractivity contribution is 0.610. The Labute approximate surface area is 124 Å². The number of hydrogen-bond acceptors (Lipinski definition) is 4. The molecule has 102 valence electrons. The first kappa shape index (κ1) is 13.3. The van der Waals surface area contributed by atoms with Gasteiger partial charge in [-0.25, -0.2) is 14.4 Å². The molecule has 3 nitrogen and oxygen atoms in total. The molecule has 0 saturated carbocycles. The first-order valence-electron chi connectivity index (χ1n) is 6.12. The Kier molecular flexibility index (Phi) is 3.80. The van der Waals surface area contributed by atoms with Crippen molar-refractivity contribution in [1.82, 2.24) is 9.97 Å². The van der Waals surface area contributed by atoms with Crippen molar-refractivity contribution in [3.8, 4) is 0 Å². The second-order valence-corrected chi connectivity index (χ2v) is 5.48. The van der Waals surface area contributed by atoms with Gasteiger partial charge in [0.2, 0.25) is 5.28 Å². The maximum atomic E-state index is 13.5. The zero-order valence-electron chi connectivity index (χ0n) is 10.4. The summed E-state index contributed by atoms with van der Waals surface area (Å²) in [6.07, 6.45) is 0.583. The summed E-state index contributed by atoms with van der Waals surface area (Å²) in [6, 6.07) is 8.71. The summed E-state index contributed by atoms with van der Waals surface area (Å²) in [7, 11) is 0. The van der Waals surface area contributed by atoms with Crippen molar-refractivity contribution in [2.75, 3.05) is 11.9 Å². The van der Waals surface area contributed by atoms with E-state index in [1.54, 1.807) is 12.1 Å². The predicted molar refractivity (Wildman–Crippen MR) is 81.0 cm³/mol. The van der Waals surface area contributed by atoms with E-state index >= 15 is 0 Å². The molecule has 0 unspecified atom stereocenters. The highest BCUT2D eigenvalue weighted by molar-refractivity contribution is 7.16. The van der Waals surface area contributed by atoms with Crippen LogP contribution in [0.15, 0.2) is 35.7 Å². The number of thiophene rings is 1. The number of aromatic nitrogens is 2. The minimum absolute atomic E-state index is 0.185. The van der Waals surface area contributed by atoms with Crippen molar-refractivity contribution in [3.05, 3.63) is 52.4 Å². The monoisotopic (exact) mass is 307 g/mol. The molecule has 0 aliphatic carbocycles. The molecule has 20 heavy (non-hydrogen) atoms. The molecule has 0 fully saturated rings. The molecule has 6 heteroatoms. The van der Waals surface area contributed by atoms with E-state index in [1.165, 1.54) is 17.4 Å². The van der Waals surface area contributed by atoms with Gasteiger partial charge in [-0.2, -0.15) is 0 Å². The van der Waals surface area contributed by atoms with Gasteiger partial charge in [-0.3, -0.25) is 0 Å². The van der Waals surface area contributed by atoms with Gasteiger partial charge in [0.05, 0.1) is 5.39 Å². The first-order chi connectivity index (χ1) is 9.74. The molecule has 0 amide bonds. The van der Waals surface area contributed by atoms with Crippen molar-refractivity contribution in [2.24, 2.45) is 0 Å². The predicted octanol–water partition coefficient (Wildman–Crippen LogP) is 4.14. The zero-order chi connectivity index (χ0) is 13.9. The van der Waals surface area contributed by atoms with Crippen molar-refractivity contribution in [3.63, 3.8) is 0 Å². The number of anilines is 1. The summed E-state index contributed by atoms with van der Waals surface area (Å²) in [4.78, 5) is 9.18. The zero-order valence-corrected chi connectivity index (χ0v) is 12.0. The van der Waals surface area contributed by atoms with Crippen LogP contribution >= 0.6 is 22.9 Å². The SMILES string of the molecule is Fc1ccccc1CCNc1nc(Cl)nc2sccc12. The highest BCUT2D eigenvalue weighted by Crippen LogP contribution is 2.26. The molecule has 3 rings (SSSR count). The van der Waals surface area contributed by atoms with Gasteiger partial charge in [-0.15, -0.1) is 11.3 Å². The molecule has 0 aliphatic rings. The van der Waals surface area contributed by atoms with Crippen molar-refractivity contribution < 1.29 is 4.39 Å². The third-order valence-electron chi connectivity index (χ3n) is 2.94. The number of fused-ring (bicyclic) bond motifs is 1. The summed E-state index contributed by atoms with van der Waals surface area (Å²) in [5.41, 5.74) is 0.682. The van der Waals surface area contributed by atoms with Crippen LogP contribution in [0.2, 0.25) is 5.28 Å². The molecule has 2 heterocycles. The second kappa shape index (κ2) is 5.73. The van der Waals surface area contributed by atoms with Crippen LogP contribution in [0.4, 0.5) is 10.2 Å². The van der Waals surface area contributed by atoms with E-state index in [2.05, 4.69) is 15.3 Å². The van der Waals surface area contributed by atoms with Gasteiger partial charge in [0.15, 0.2) is 0 Å². The number of rotatable bonds is 4. The van der Waals surface area contributed by atoms with Crippen LogP contribution in [-0.2, 0) is 6.42 Å². The van der Waals surface area contributed by atoms with E-state index in [1.807, 2.05) is 17.5 Å². The number of halogens is 2. The fourth-order valence-corrected chi connectivity index (χ4v) is 2.96. The highest BCUT2D eigenvalue weighted by Gasteiger charge is 2.07. The largest absolute Gasteiger partial charge is 0.369 e. The third-order valence-corrected chi connectivity index (χ3v) is 3.92. The number of nitrogens with zero attached hydrogens (tertiary/aromatic N) is 2. The molecule has 0 radical (unpaired) electrons. The van der Waals surface area contributed by atoms with Crippen LogP contribution < -0.4 is 5.32 Å². The van der Waals surface area contributed by atoms with Crippen molar-refractivity contribution in [1.29, 1.82) is 0 Å². The maximum Gasteiger partial charge on any atom is 0.225 e. The van der Waals surface area contributed by atoms with Gasteiger partial charge in [-0.1, -0.05) is 18.2 Å². The van der Waals surface area contributed by atoms with Gasteiger partial charge in [0.1, 0.15) is 16.5 Å². The van der Waals surface area contributed by atoms with E-state index < -0.39 is 0 Å². The maximum absolute atomic E-state index is 13.5. The van der Waals surface area contributed by atoms with Crippen molar-refractivity contribution >= 4 is 39.0 Å². The molecule has 0 aliphatic heterocycles. The lowest BCUT2D eigenvalue weighted by atomic mass is 10.1. The van der Waals surface area contributed by atoms with Gasteiger partial charge in [-0.05, 0) is 41.1 Å². The van der Waals surface area contributed by atoms with E-state index in [9.17, 15) is 4.39 Å². The summed E-state index contributed by atoms with van der Waals surface area (Å²) < 4.78 is 13.5. The molecular weight excluding hydrogens is 297 g/mol. The average Bonchev–Trinajstić information content (AvgIpc) is 2.89. The molecule has 0 atom stereocenters. The van der Waals surface area contributed by atoms with E-state index in [4.69, 9.17) is 11.6 Å². The Morgan fingerprint density at radius 3 is 2.90 bits per heavy atom. The fraction of sp³-hybridized carbons (Fsp3) is 0.143. The normalized spacial score (nSPS) is 10.9. The number of hydrogen-bond donors (Lipinski definition) is 1. The Morgan fingerprint density at radius 2 is 2.05 bits per heavy atom. The summed E-state index contributed by atoms with van der Waals surface area (Å²) >= 11 is 7.40. The molecule has 1 aromatic carbocycles. The van der Waals surface area contributed by atoms with Crippen molar-refractivity contribution in [2.45, 2.75) is 6.42 Å². The van der Waals surface area contributed by atoms with Crippen LogP contribution in [0.25, 0.3) is 10.2 Å². The van der Waals surface area contributed by atoms with Crippen LogP contribution in [0.3, 0.4) is 0 Å². The topological polar surface area (TPSA) is 37.8 Å². The standard InChI is InChI=1S/C14H11ClFN3S/c15-14-18-12(10-6-8-20-13(10)19-14)17-7-5-9-3-1-2-4-11(9)16/h1-4,6,8H,5,7H2,(H,17,18,19). The summed E-state index contributed by atoms with van der Waals surface area (Å²) in [5, 5.41) is 6.29. The number of benzene rings is 1. The van der Waals surface area contributed by atoms with E-state index in [0.29, 0.717) is 24.3 Å². The highest BCUT2D eigenvalue weighted by atomic mass is 35.5. The number of nitrogens with one attached hydrogen (secondary N) is 1. The molecule has 2 aromatic heterocycles. The Morgan fingerprint density at radius 1 is 1.20 bits per heavy atom. The van der Waals surface area contributed by atoms with Crippen LogP contribution in [0, 0.1) is 5.82 Å². The van der Waals surface area contributed by atoms with Crippen LogP contribution in [0.1, 0.15) is 5.56 Å². The summed E-state index contributed by atoms with van der Waals surface area (Å²) in [5.74, 6) is 0.508. The molecule has 0 saturated heterocycles. The van der Waals surface area contributed by atoms with E-state index in [-0.39, 0.29) is 11.1 Å². The minimum Gasteiger partial charge on any atom is -0.369 e. The molecule has 0 spiro atoms. The van der Waals surface area contributed by atoms with Crippen LogP contribution in [-0.4, -0.2) is 16.5 Å². The fourth-order valence-electron chi connectivity index (χ4n) is 1.98. The average molecular weight is 308 g/mol. The van der Waals surface area contributed by atoms with E-state index in [0.717, 1.165) is 10.2 Å². The van der Waals surface area contributed by atoms with Crippen LogP contribution in [0.5, 0.6) is 0 Å². The second-order valence-electron chi connectivity index (χ2n) is 4.25. The van der Waals surface area contributed by atoms with Gasteiger partial charge in [0.25, 0.3) is 0 Å². The Bertz CT molecular complexity index is 744. The Balaban J connectivity index is 1.74. The van der Waals surface area contributed by atoms with Gasteiger partial charge < -0.3 is 5.32 Å². The quantitative estimate of drug-likeness (QED) is 0.736. The third kappa shape index (κ3) is 2.73.